The minimum atomic E-state index is -3.73. The maximum Gasteiger partial charge on any atom is 0.586 e. The van der Waals surface area contributed by atoms with Crippen LogP contribution in [0.15, 0.2) is 18.2 Å². The van der Waals surface area contributed by atoms with Crippen molar-refractivity contribution >= 4 is 17.6 Å². The molecular weight excluding hydrogens is 338 g/mol. The summed E-state index contributed by atoms with van der Waals surface area (Å²) in [5, 5.41) is 2.55. The van der Waals surface area contributed by atoms with Crippen LogP contribution in [0.1, 0.15) is 32.1 Å². The molecule has 7 nitrogen and oxygen atoms in total. The molecule has 2 heterocycles. The molecule has 0 atom stereocenters. The van der Waals surface area contributed by atoms with Crippen molar-refractivity contribution in [2.45, 2.75) is 20.1 Å². The van der Waals surface area contributed by atoms with E-state index in [1.165, 1.54) is 25.3 Å². The number of H-pyrrole nitrogens is 1. The molecular formula is C16H14F2N2O5. The number of aromatic nitrogens is 1. The number of hydrogen-bond acceptors (Lipinski definition) is 5. The van der Waals surface area contributed by atoms with Crippen molar-refractivity contribution in [1.82, 2.24) is 4.98 Å². The van der Waals surface area contributed by atoms with Crippen molar-refractivity contribution in [3.8, 4) is 11.5 Å². The van der Waals surface area contributed by atoms with Crippen LogP contribution >= 0.6 is 0 Å². The molecule has 0 fully saturated rings. The molecule has 0 spiro atoms. The highest BCUT2D eigenvalue weighted by molar-refractivity contribution is 6.06. The fraction of sp³-hybridized carbons (Fsp3) is 0.250. The molecule has 0 unspecified atom stereocenters. The predicted octanol–water partition coefficient (Wildman–Crippen LogP) is 2.99. The Morgan fingerprint density at radius 3 is 2.56 bits per heavy atom. The van der Waals surface area contributed by atoms with Gasteiger partial charge >= 0.3 is 12.3 Å². The van der Waals surface area contributed by atoms with Gasteiger partial charge in [0.15, 0.2) is 11.5 Å². The number of alkyl halides is 2. The van der Waals surface area contributed by atoms with Crippen LogP contribution in [0.25, 0.3) is 0 Å². The van der Waals surface area contributed by atoms with Crippen molar-refractivity contribution in [2.75, 3.05) is 12.4 Å². The molecule has 1 aliphatic heterocycles. The number of esters is 1. The Kier molecular flexibility index (Phi) is 3.86. The highest BCUT2D eigenvalue weighted by atomic mass is 19.3. The first-order valence-electron chi connectivity index (χ1n) is 7.20. The third kappa shape index (κ3) is 3.00. The third-order valence-corrected chi connectivity index (χ3v) is 3.71. The number of halogens is 2. The van der Waals surface area contributed by atoms with E-state index in [0.717, 1.165) is 0 Å². The van der Waals surface area contributed by atoms with Crippen LogP contribution in [-0.2, 0) is 4.74 Å². The van der Waals surface area contributed by atoms with Gasteiger partial charge in [0.1, 0.15) is 5.69 Å². The first-order valence-corrected chi connectivity index (χ1v) is 7.20. The number of methoxy groups -OCH3 is 1. The van der Waals surface area contributed by atoms with Crippen LogP contribution in [0.5, 0.6) is 11.5 Å². The van der Waals surface area contributed by atoms with E-state index in [0.29, 0.717) is 11.3 Å². The quantitative estimate of drug-likeness (QED) is 0.829. The van der Waals surface area contributed by atoms with Gasteiger partial charge in [0.25, 0.3) is 5.91 Å². The Morgan fingerprint density at radius 2 is 1.88 bits per heavy atom. The summed E-state index contributed by atoms with van der Waals surface area (Å²) in [4.78, 5) is 27.0. The molecule has 2 aromatic rings. The molecule has 0 aliphatic carbocycles. The highest BCUT2D eigenvalue weighted by Gasteiger charge is 2.43. The van der Waals surface area contributed by atoms with E-state index in [2.05, 4.69) is 24.5 Å². The van der Waals surface area contributed by atoms with E-state index < -0.39 is 18.2 Å². The van der Waals surface area contributed by atoms with E-state index in [1.807, 2.05) is 0 Å². The summed E-state index contributed by atoms with van der Waals surface area (Å²) < 4.78 is 39.4. The van der Waals surface area contributed by atoms with Crippen LogP contribution in [-0.4, -0.2) is 30.3 Å². The summed E-state index contributed by atoms with van der Waals surface area (Å²) in [6.07, 6.45) is -3.73. The normalized spacial score (nSPS) is 14.3. The number of nitrogens with one attached hydrogen (secondary N) is 2. The standard InChI is InChI=1S/C16H14F2N2O5/c1-7-12(15(22)23-3)8(2)19-13(7)14(21)20-9-4-5-10-11(6-9)25-16(17,18)24-10/h4-6,19H,1-3H3,(H,20,21). The lowest BCUT2D eigenvalue weighted by Gasteiger charge is -2.06. The van der Waals surface area contributed by atoms with Gasteiger partial charge in [-0.2, -0.15) is 0 Å². The van der Waals surface area contributed by atoms with E-state index in [9.17, 15) is 18.4 Å². The maximum absolute atomic E-state index is 13.0. The minimum absolute atomic E-state index is 0.122. The van der Waals surface area contributed by atoms with Gasteiger partial charge in [0.05, 0.1) is 12.7 Å². The summed E-state index contributed by atoms with van der Waals surface area (Å²) in [6.45, 7) is 3.24. The Hall–Kier alpha value is -3.10. The highest BCUT2D eigenvalue weighted by Crippen LogP contribution is 2.42. The fourth-order valence-corrected chi connectivity index (χ4v) is 2.61. The smallest absolute Gasteiger partial charge is 0.465 e. The molecule has 0 radical (unpaired) electrons. The molecule has 0 saturated carbocycles. The third-order valence-electron chi connectivity index (χ3n) is 3.71. The van der Waals surface area contributed by atoms with Gasteiger partial charge in [0, 0.05) is 17.4 Å². The second-order valence-electron chi connectivity index (χ2n) is 5.40. The van der Waals surface area contributed by atoms with E-state index in [-0.39, 0.29) is 28.4 Å². The molecule has 132 valence electrons. The number of benzene rings is 1. The van der Waals surface area contributed by atoms with Crippen LogP contribution < -0.4 is 14.8 Å². The SMILES string of the molecule is COC(=O)c1c(C)[nH]c(C(=O)Nc2ccc3c(c2)OC(F)(F)O3)c1C. The molecule has 3 rings (SSSR count). The second-order valence-corrected chi connectivity index (χ2v) is 5.40. The fourth-order valence-electron chi connectivity index (χ4n) is 2.61. The lowest BCUT2D eigenvalue weighted by molar-refractivity contribution is -0.286. The van der Waals surface area contributed by atoms with E-state index in [4.69, 9.17) is 0 Å². The van der Waals surface area contributed by atoms with Crippen molar-refractivity contribution < 1.29 is 32.6 Å². The monoisotopic (exact) mass is 352 g/mol. The zero-order valence-corrected chi connectivity index (χ0v) is 13.5. The largest absolute Gasteiger partial charge is 0.586 e. The van der Waals surface area contributed by atoms with Gasteiger partial charge in [-0.05, 0) is 31.5 Å². The van der Waals surface area contributed by atoms with E-state index >= 15 is 0 Å². The average molecular weight is 352 g/mol. The summed E-state index contributed by atoms with van der Waals surface area (Å²) in [6, 6.07) is 3.88. The summed E-state index contributed by atoms with van der Waals surface area (Å²) in [5.41, 5.74) is 1.59. The zero-order chi connectivity index (χ0) is 18.4. The molecule has 9 heteroatoms. The van der Waals surface area contributed by atoms with Gasteiger partial charge in [-0.3, -0.25) is 4.79 Å². The number of hydrogen-bond donors (Lipinski definition) is 2. The number of aromatic amines is 1. The van der Waals surface area contributed by atoms with Crippen LogP contribution in [0.4, 0.5) is 14.5 Å². The number of carbonyl (C=O) groups excluding carboxylic acids is 2. The Bertz CT molecular complexity index is 876. The van der Waals surface area contributed by atoms with Gasteiger partial charge in [-0.15, -0.1) is 8.78 Å². The Morgan fingerprint density at radius 1 is 1.20 bits per heavy atom. The van der Waals surface area contributed by atoms with Crippen molar-refractivity contribution in [2.24, 2.45) is 0 Å². The first-order chi connectivity index (χ1) is 11.7. The van der Waals surface area contributed by atoms with Crippen LogP contribution in [0, 0.1) is 13.8 Å². The van der Waals surface area contributed by atoms with Crippen LogP contribution in [0.2, 0.25) is 0 Å². The number of aryl methyl sites for hydroxylation is 1. The zero-order valence-electron chi connectivity index (χ0n) is 13.5. The lowest BCUT2D eigenvalue weighted by atomic mass is 10.1. The average Bonchev–Trinajstić information content (AvgIpc) is 3.00. The number of carbonyl (C=O) groups is 2. The number of ether oxygens (including phenoxy) is 3. The van der Waals surface area contributed by atoms with Gasteiger partial charge in [0.2, 0.25) is 0 Å². The van der Waals surface area contributed by atoms with Crippen molar-refractivity contribution in [3.63, 3.8) is 0 Å². The van der Waals surface area contributed by atoms with Crippen molar-refractivity contribution in [3.05, 3.63) is 40.7 Å². The topological polar surface area (TPSA) is 89.7 Å². The predicted molar refractivity (Wildman–Crippen MR) is 82.2 cm³/mol. The second kappa shape index (κ2) is 5.76. The van der Waals surface area contributed by atoms with Gasteiger partial charge in [-0.1, -0.05) is 0 Å². The molecule has 1 amide bonds. The number of amides is 1. The summed E-state index contributed by atoms with van der Waals surface area (Å²) in [7, 11) is 1.25. The summed E-state index contributed by atoms with van der Waals surface area (Å²) >= 11 is 0. The number of anilines is 1. The first kappa shape index (κ1) is 16.7. The number of rotatable bonds is 3. The molecule has 0 saturated heterocycles. The molecule has 2 N–H and O–H groups in total. The number of fused-ring (bicyclic) bond motifs is 1. The summed E-state index contributed by atoms with van der Waals surface area (Å²) in [5.74, 6) is -1.41. The molecule has 0 bridgehead atoms. The molecule has 1 aliphatic rings. The van der Waals surface area contributed by atoms with Gasteiger partial charge < -0.3 is 24.5 Å². The van der Waals surface area contributed by atoms with E-state index in [1.54, 1.807) is 13.8 Å². The maximum atomic E-state index is 13.0. The minimum Gasteiger partial charge on any atom is -0.465 e. The molecule has 1 aromatic heterocycles. The van der Waals surface area contributed by atoms with Crippen molar-refractivity contribution in [1.29, 1.82) is 0 Å². The lowest BCUT2D eigenvalue weighted by Crippen LogP contribution is -2.25. The molecule has 25 heavy (non-hydrogen) atoms. The van der Waals surface area contributed by atoms with Gasteiger partial charge in [-0.25, -0.2) is 4.79 Å². The van der Waals surface area contributed by atoms with Crippen LogP contribution in [0.3, 0.4) is 0 Å². The Labute approximate surface area is 140 Å². The molecule has 1 aromatic carbocycles. The Balaban J connectivity index is 1.84.